The second-order valence-electron chi connectivity index (χ2n) is 6.87. The Morgan fingerprint density at radius 3 is 2.52 bits per heavy atom. The number of carbonyl (C=O) groups excluding carboxylic acids is 1. The molecule has 0 fully saturated rings. The van der Waals surface area contributed by atoms with E-state index in [1.807, 2.05) is 0 Å². The zero-order valence-electron chi connectivity index (χ0n) is 16.8. The molecule has 0 aliphatic heterocycles. The number of nitrogens with one attached hydrogen (secondary N) is 2. The fourth-order valence-electron chi connectivity index (χ4n) is 2.99. The summed E-state index contributed by atoms with van der Waals surface area (Å²) < 4.78 is 52.8. The van der Waals surface area contributed by atoms with Crippen molar-refractivity contribution in [2.24, 2.45) is 0 Å². The first-order chi connectivity index (χ1) is 15.8. The molecule has 2 aromatic heterocycles. The van der Waals surface area contributed by atoms with Crippen LogP contribution in [0.5, 0.6) is 0 Å². The maximum atomic E-state index is 14.0. The van der Waals surface area contributed by atoms with Gasteiger partial charge in [0, 0.05) is 29.2 Å². The van der Waals surface area contributed by atoms with E-state index in [4.69, 9.17) is 0 Å². The normalized spacial score (nSPS) is 11.2. The van der Waals surface area contributed by atoms with E-state index in [0.717, 1.165) is 12.1 Å². The topological polar surface area (TPSA) is 79.8 Å². The highest BCUT2D eigenvalue weighted by Crippen LogP contribution is 2.31. The fraction of sp³-hybridized carbons (Fsp3) is 0.0435. The van der Waals surface area contributed by atoms with Gasteiger partial charge in [-0.15, -0.1) is 0 Å². The Labute approximate surface area is 185 Å². The zero-order chi connectivity index (χ0) is 23.4. The van der Waals surface area contributed by atoms with Gasteiger partial charge in [-0.2, -0.15) is 13.2 Å². The largest absolute Gasteiger partial charge is 0.416 e. The first kappa shape index (κ1) is 21.9. The Kier molecular flexibility index (Phi) is 5.99. The maximum absolute atomic E-state index is 14.0. The number of pyridine rings is 1. The number of anilines is 3. The minimum atomic E-state index is -4.49. The molecule has 0 unspecified atom stereocenters. The van der Waals surface area contributed by atoms with E-state index in [0.29, 0.717) is 16.8 Å². The first-order valence-electron chi connectivity index (χ1n) is 9.58. The summed E-state index contributed by atoms with van der Waals surface area (Å²) in [6.07, 6.45) is -0.335. The number of rotatable bonds is 5. The van der Waals surface area contributed by atoms with Crippen LogP contribution in [0, 0.1) is 5.82 Å². The van der Waals surface area contributed by atoms with Crippen LogP contribution in [-0.4, -0.2) is 20.9 Å². The number of halogens is 4. The molecule has 2 aromatic carbocycles. The molecule has 1 amide bonds. The third-order valence-corrected chi connectivity index (χ3v) is 4.52. The van der Waals surface area contributed by atoms with Gasteiger partial charge in [-0.25, -0.2) is 14.4 Å². The third-order valence-electron chi connectivity index (χ3n) is 4.52. The van der Waals surface area contributed by atoms with Gasteiger partial charge in [-0.3, -0.25) is 9.78 Å². The summed E-state index contributed by atoms with van der Waals surface area (Å²) in [5.41, 5.74) is 0.367. The molecule has 0 aliphatic carbocycles. The maximum Gasteiger partial charge on any atom is 0.416 e. The molecule has 4 rings (SSSR count). The molecule has 0 atom stereocenters. The summed E-state index contributed by atoms with van der Waals surface area (Å²) in [6.45, 7) is 0. The number of benzene rings is 2. The Morgan fingerprint density at radius 2 is 1.73 bits per heavy atom. The van der Waals surface area contributed by atoms with Crippen molar-refractivity contribution >= 4 is 23.2 Å². The summed E-state index contributed by atoms with van der Waals surface area (Å²) in [7, 11) is 0. The van der Waals surface area contributed by atoms with E-state index in [2.05, 4.69) is 25.6 Å². The number of nitrogens with zero attached hydrogens (tertiary/aromatic N) is 3. The number of amides is 1. The SMILES string of the molecule is O=C(Nc1cncc(-c2ccccc2F)c1)c1ccnc(Nc2cccc(C(F)(F)F)c2)n1. The first-order valence-corrected chi connectivity index (χ1v) is 9.58. The molecular weight excluding hydrogens is 438 g/mol. The molecule has 0 spiro atoms. The van der Waals surface area contributed by atoms with Crippen LogP contribution >= 0.6 is 0 Å². The minimum absolute atomic E-state index is 0.0317. The van der Waals surface area contributed by atoms with Crippen LogP contribution in [0.3, 0.4) is 0 Å². The lowest BCUT2D eigenvalue weighted by molar-refractivity contribution is -0.137. The van der Waals surface area contributed by atoms with Crippen LogP contribution in [0.25, 0.3) is 11.1 Å². The van der Waals surface area contributed by atoms with Crippen molar-refractivity contribution in [3.05, 3.63) is 96.3 Å². The van der Waals surface area contributed by atoms with Crippen molar-refractivity contribution in [1.82, 2.24) is 15.0 Å². The summed E-state index contributed by atoms with van der Waals surface area (Å²) in [5.74, 6) is -1.08. The van der Waals surface area contributed by atoms with Gasteiger partial charge < -0.3 is 10.6 Å². The van der Waals surface area contributed by atoms with Crippen LogP contribution < -0.4 is 10.6 Å². The average Bonchev–Trinajstić information content (AvgIpc) is 2.79. The number of carbonyl (C=O) groups is 1. The van der Waals surface area contributed by atoms with Crippen molar-refractivity contribution in [1.29, 1.82) is 0 Å². The zero-order valence-corrected chi connectivity index (χ0v) is 16.8. The van der Waals surface area contributed by atoms with Crippen LogP contribution in [0.2, 0.25) is 0 Å². The number of hydrogen-bond acceptors (Lipinski definition) is 5. The monoisotopic (exact) mass is 453 g/mol. The predicted molar refractivity (Wildman–Crippen MR) is 114 cm³/mol. The van der Waals surface area contributed by atoms with Gasteiger partial charge in [0.25, 0.3) is 5.91 Å². The molecule has 166 valence electrons. The van der Waals surface area contributed by atoms with Gasteiger partial charge in [0.2, 0.25) is 5.95 Å². The number of hydrogen-bond donors (Lipinski definition) is 2. The van der Waals surface area contributed by atoms with E-state index in [9.17, 15) is 22.4 Å². The van der Waals surface area contributed by atoms with Gasteiger partial charge in [-0.05, 0) is 36.4 Å². The Hall–Kier alpha value is -4.34. The summed E-state index contributed by atoms with van der Waals surface area (Å²) in [6, 6.07) is 13.6. The molecular formula is C23H15F4N5O. The van der Waals surface area contributed by atoms with E-state index in [1.165, 1.54) is 42.9 Å². The van der Waals surface area contributed by atoms with Crippen LogP contribution in [0.15, 0.2) is 79.3 Å². The highest BCUT2D eigenvalue weighted by atomic mass is 19.4. The van der Waals surface area contributed by atoms with Gasteiger partial charge in [0.05, 0.1) is 17.4 Å². The fourth-order valence-corrected chi connectivity index (χ4v) is 2.99. The van der Waals surface area contributed by atoms with E-state index in [1.54, 1.807) is 24.3 Å². The van der Waals surface area contributed by atoms with Gasteiger partial charge in [0.15, 0.2) is 0 Å². The molecule has 4 aromatic rings. The second-order valence-corrected chi connectivity index (χ2v) is 6.87. The van der Waals surface area contributed by atoms with E-state index >= 15 is 0 Å². The third kappa shape index (κ3) is 5.29. The van der Waals surface area contributed by atoms with Gasteiger partial charge in [-0.1, -0.05) is 24.3 Å². The lowest BCUT2D eigenvalue weighted by atomic mass is 10.1. The Balaban J connectivity index is 1.51. The van der Waals surface area contributed by atoms with E-state index in [-0.39, 0.29) is 17.3 Å². The Morgan fingerprint density at radius 1 is 0.909 bits per heavy atom. The molecule has 0 radical (unpaired) electrons. The summed E-state index contributed by atoms with van der Waals surface area (Å²) in [5, 5.41) is 5.27. The number of aromatic nitrogens is 3. The highest BCUT2D eigenvalue weighted by Gasteiger charge is 2.30. The van der Waals surface area contributed by atoms with Crippen molar-refractivity contribution < 1.29 is 22.4 Å². The molecule has 33 heavy (non-hydrogen) atoms. The lowest BCUT2D eigenvalue weighted by Gasteiger charge is -2.10. The van der Waals surface area contributed by atoms with Crippen molar-refractivity contribution in [2.75, 3.05) is 10.6 Å². The van der Waals surface area contributed by atoms with E-state index < -0.39 is 23.5 Å². The summed E-state index contributed by atoms with van der Waals surface area (Å²) >= 11 is 0. The molecule has 0 aliphatic rings. The Bertz CT molecular complexity index is 1310. The van der Waals surface area contributed by atoms with Gasteiger partial charge in [0.1, 0.15) is 11.5 Å². The predicted octanol–water partition coefficient (Wildman–Crippen LogP) is 5.69. The average molecular weight is 453 g/mol. The number of alkyl halides is 3. The summed E-state index contributed by atoms with van der Waals surface area (Å²) in [4.78, 5) is 24.7. The van der Waals surface area contributed by atoms with Crippen LogP contribution in [-0.2, 0) is 6.18 Å². The molecule has 0 saturated carbocycles. The smallest absolute Gasteiger partial charge is 0.324 e. The van der Waals surface area contributed by atoms with Crippen molar-refractivity contribution in [3.63, 3.8) is 0 Å². The molecule has 0 saturated heterocycles. The molecule has 10 heteroatoms. The molecule has 2 N–H and O–H groups in total. The van der Waals surface area contributed by atoms with Crippen LogP contribution in [0.4, 0.5) is 34.9 Å². The standard InChI is InChI=1S/C23H15F4N5O/c24-19-7-2-1-6-18(19)14-10-17(13-28-12-14)30-21(33)20-8-9-29-22(32-20)31-16-5-3-4-15(11-16)23(25,26)27/h1-13H,(H,30,33)(H,29,31,32). The van der Waals surface area contributed by atoms with Crippen molar-refractivity contribution in [3.8, 4) is 11.1 Å². The molecule has 0 bridgehead atoms. The van der Waals surface area contributed by atoms with Gasteiger partial charge >= 0.3 is 6.18 Å². The quantitative estimate of drug-likeness (QED) is 0.380. The lowest BCUT2D eigenvalue weighted by Crippen LogP contribution is -2.15. The second kappa shape index (κ2) is 9.03. The molecule has 2 heterocycles. The minimum Gasteiger partial charge on any atom is -0.324 e. The highest BCUT2D eigenvalue weighted by molar-refractivity contribution is 6.03. The van der Waals surface area contributed by atoms with Crippen molar-refractivity contribution in [2.45, 2.75) is 6.18 Å². The molecule has 6 nitrogen and oxygen atoms in total. The van der Waals surface area contributed by atoms with Crippen LogP contribution in [0.1, 0.15) is 16.1 Å².